The second-order valence-electron chi connectivity index (χ2n) is 4.91. The van der Waals surface area contributed by atoms with Crippen LogP contribution in [0.2, 0.25) is 0 Å². The summed E-state index contributed by atoms with van der Waals surface area (Å²) in [7, 11) is 4.16. The van der Waals surface area contributed by atoms with Crippen LogP contribution in [0.3, 0.4) is 0 Å². The van der Waals surface area contributed by atoms with E-state index in [0.717, 1.165) is 17.9 Å². The van der Waals surface area contributed by atoms with Crippen LogP contribution in [-0.4, -0.2) is 58.9 Å². The third-order valence-corrected chi connectivity index (χ3v) is 3.63. The lowest BCUT2D eigenvalue weighted by atomic mass is 10.1. The van der Waals surface area contributed by atoms with Crippen LogP contribution < -0.4 is 5.14 Å². The molecule has 0 saturated heterocycles. The van der Waals surface area contributed by atoms with Crippen molar-refractivity contribution >= 4 is 16.0 Å². The number of benzene rings is 1. The van der Waals surface area contributed by atoms with E-state index >= 15 is 0 Å². The zero-order chi connectivity index (χ0) is 15.3. The fourth-order valence-corrected chi connectivity index (χ4v) is 2.33. The van der Waals surface area contributed by atoms with Crippen molar-refractivity contribution in [2.45, 2.75) is 11.3 Å². The highest BCUT2D eigenvalue weighted by Crippen LogP contribution is 2.09. The van der Waals surface area contributed by atoms with E-state index in [1.165, 1.54) is 12.1 Å². The van der Waals surface area contributed by atoms with Crippen LogP contribution in [0.4, 0.5) is 0 Å². The van der Waals surface area contributed by atoms with Crippen LogP contribution in [0.1, 0.15) is 5.56 Å². The summed E-state index contributed by atoms with van der Waals surface area (Å²) in [5.41, 5.74) is 1.03. The van der Waals surface area contributed by atoms with E-state index in [-0.39, 0.29) is 4.90 Å². The maximum atomic E-state index is 11.1. The molecule has 0 aromatic heterocycles. The number of nitrogens with zero attached hydrogens (tertiary/aromatic N) is 3. The summed E-state index contributed by atoms with van der Waals surface area (Å²) in [4.78, 5) is 8.54. The summed E-state index contributed by atoms with van der Waals surface area (Å²) >= 11 is 0. The van der Waals surface area contributed by atoms with Gasteiger partial charge in [0.2, 0.25) is 10.0 Å². The van der Waals surface area contributed by atoms with Gasteiger partial charge in [0, 0.05) is 34.7 Å². The highest BCUT2D eigenvalue weighted by atomic mass is 32.2. The maximum Gasteiger partial charge on any atom is 0.238 e. The number of primary sulfonamides is 1. The second kappa shape index (κ2) is 6.71. The summed E-state index contributed by atoms with van der Waals surface area (Å²) in [6.07, 6.45) is 0.746. The van der Waals surface area contributed by atoms with Crippen LogP contribution in [0.25, 0.3) is 0 Å². The van der Waals surface area contributed by atoms with Gasteiger partial charge in [-0.25, -0.2) is 13.6 Å². The molecule has 0 radical (unpaired) electrons. The molecule has 0 fully saturated rings. The summed E-state index contributed by atoms with van der Waals surface area (Å²) in [6.45, 7) is 0.639. The Bertz CT molecular complexity index is 553. The minimum atomic E-state index is -3.62. The van der Waals surface area contributed by atoms with Gasteiger partial charge in [0.1, 0.15) is 0 Å². The Morgan fingerprint density at radius 2 is 1.60 bits per heavy atom. The van der Waals surface area contributed by atoms with Crippen molar-refractivity contribution in [1.82, 2.24) is 9.80 Å². The van der Waals surface area contributed by atoms with E-state index in [2.05, 4.69) is 4.99 Å². The molecule has 0 aliphatic heterocycles. The van der Waals surface area contributed by atoms with Crippen molar-refractivity contribution in [2.24, 2.45) is 10.1 Å². The monoisotopic (exact) mass is 298 g/mol. The standard InChI is InChI=1S/C13H22N4O2S/c1-16(2)13(17(3)4)15-10-9-11-5-7-12(8-6-11)20(14,18)19/h5-8H,9-10H2,1-4H3,(H2,14,18,19). The van der Waals surface area contributed by atoms with Gasteiger partial charge in [0.25, 0.3) is 0 Å². The van der Waals surface area contributed by atoms with Crippen LogP contribution in [0.15, 0.2) is 34.2 Å². The molecule has 0 atom stereocenters. The van der Waals surface area contributed by atoms with Crippen molar-refractivity contribution in [2.75, 3.05) is 34.7 Å². The topological polar surface area (TPSA) is 79.0 Å². The molecule has 0 spiro atoms. The Balaban J connectivity index is 2.69. The quantitative estimate of drug-likeness (QED) is 0.643. The average molecular weight is 298 g/mol. The maximum absolute atomic E-state index is 11.1. The molecule has 0 heterocycles. The van der Waals surface area contributed by atoms with Gasteiger partial charge < -0.3 is 9.80 Å². The SMILES string of the molecule is CN(C)C(=NCCc1ccc(S(N)(=O)=O)cc1)N(C)C. The molecule has 0 aliphatic rings. The lowest BCUT2D eigenvalue weighted by Gasteiger charge is -2.22. The van der Waals surface area contributed by atoms with Gasteiger partial charge >= 0.3 is 0 Å². The summed E-state index contributed by atoms with van der Waals surface area (Å²) in [6, 6.07) is 6.57. The van der Waals surface area contributed by atoms with Gasteiger partial charge in [-0.2, -0.15) is 0 Å². The Kier molecular flexibility index (Phi) is 5.52. The number of rotatable bonds is 4. The van der Waals surface area contributed by atoms with Gasteiger partial charge in [-0.3, -0.25) is 4.99 Å². The van der Waals surface area contributed by atoms with Gasteiger partial charge in [-0.05, 0) is 24.1 Å². The number of guanidine groups is 1. The first-order valence-corrected chi connectivity index (χ1v) is 7.77. The van der Waals surface area contributed by atoms with Crippen molar-refractivity contribution in [3.8, 4) is 0 Å². The number of hydrogen-bond donors (Lipinski definition) is 1. The average Bonchev–Trinajstić information content (AvgIpc) is 2.33. The molecule has 0 bridgehead atoms. The normalized spacial score (nSPS) is 11.1. The third-order valence-electron chi connectivity index (χ3n) is 2.71. The van der Waals surface area contributed by atoms with E-state index in [0.29, 0.717) is 6.54 Å². The smallest absolute Gasteiger partial charge is 0.238 e. The molecule has 6 nitrogen and oxygen atoms in total. The van der Waals surface area contributed by atoms with Gasteiger partial charge in [-0.15, -0.1) is 0 Å². The Morgan fingerprint density at radius 3 is 2.00 bits per heavy atom. The van der Waals surface area contributed by atoms with E-state index in [1.807, 2.05) is 38.0 Å². The number of hydrogen-bond acceptors (Lipinski definition) is 3. The van der Waals surface area contributed by atoms with Crippen molar-refractivity contribution in [1.29, 1.82) is 0 Å². The molecule has 1 rings (SSSR count). The highest BCUT2D eigenvalue weighted by Gasteiger charge is 2.07. The second-order valence-corrected chi connectivity index (χ2v) is 6.47. The minimum Gasteiger partial charge on any atom is -0.349 e. The van der Waals surface area contributed by atoms with E-state index in [9.17, 15) is 8.42 Å². The van der Waals surface area contributed by atoms with Crippen molar-refractivity contribution in [3.63, 3.8) is 0 Å². The molecule has 1 aromatic carbocycles. The zero-order valence-electron chi connectivity index (χ0n) is 12.4. The van der Waals surface area contributed by atoms with Gasteiger partial charge in [0.15, 0.2) is 5.96 Å². The first-order chi connectivity index (χ1) is 9.21. The predicted molar refractivity (Wildman–Crippen MR) is 81.2 cm³/mol. The number of sulfonamides is 1. The van der Waals surface area contributed by atoms with E-state index in [4.69, 9.17) is 5.14 Å². The molecule has 7 heteroatoms. The lowest BCUT2D eigenvalue weighted by Crippen LogP contribution is -2.35. The van der Waals surface area contributed by atoms with Gasteiger partial charge in [-0.1, -0.05) is 12.1 Å². The fraction of sp³-hybridized carbons (Fsp3) is 0.462. The van der Waals surface area contributed by atoms with E-state index in [1.54, 1.807) is 12.1 Å². The molecule has 0 unspecified atom stereocenters. The Labute approximate surface area is 121 Å². The summed E-state index contributed by atoms with van der Waals surface area (Å²) in [5.74, 6) is 0.895. The molecule has 20 heavy (non-hydrogen) atoms. The molecular formula is C13H22N4O2S. The molecule has 1 aromatic rings. The number of nitrogens with two attached hydrogens (primary N) is 1. The van der Waals surface area contributed by atoms with Gasteiger partial charge in [0.05, 0.1) is 4.90 Å². The van der Waals surface area contributed by atoms with Crippen LogP contribution in [0, 0.1) is 0 Å². The summed E-state index contributed by atoms with van der Waals surface area (Å²) < 4.78 is 22.3. The summed E-state index contributed by atoms with van der Waals surface area (Å²) in [5, 5.41) is 5.05. The minimum absolute atomic E-state index is 0.132. The molecule has 0 amide bonds. The molecule has 0 saturated carbocycles. The first kappa shape index (κ1) is 16.5. The third kappa shape index (κ3) is 4.82. The van der Waals surface area contributed by atoms with Crippen LogP contribution >= 0.6 is 0 Å². The Morgan fingerprint density at radius 1 is 1.10 bits per heavy atom. The van der Waals surface area contributed by atoms with Crippen LogP contribution in [-0.2, 0) is 16.4 Å². The Hall–Kier alpha value is -1.60. The van der Waals surface area contributed by atoms with Crippen molar-refractivity contribution < 1.29 is 8.42 Å². The fourth-order valence-electron chi connectivity index (χ4n) is 1.81. The van der Waals surface area contributed by atoms with E-state index < -0.39 is 10.0 Å². The molecule has 112 valence electrons. The van der Waals surface area contributed by atoms with Crippen LogP contribution in [0.5, 0.6) is 0 Å². The zero-order valence-corrected chi connectivity index (χ0v) is 13.2. The van der Waals surface area contributed by atoms with Crippen molar-refractivity contribution in [3.05, 3.63) is 29.8 Å². The first-order valence-electron chi connectivity index (χ1n) is 6.22. The highest BCUT2D eigenvalue weighted by molar-refractivity contribution is 7.89. The largest absolute Gasteiger partial charge is 0.349 e. The molecule has 2 N–H and O–H groups in total. The predicted octanol–water partition coefficient (Wildman–Crippen LogP) is 0.356. The number of aliphatic imine (C=N–C) groups is 1. The lowest BCUT2D eigenvalue weighted by molar-refractivity contribution is 0.479. The molecule has 0 aliphatic carbocycles. The molecular weight excluding hydrogens is 276 g/mol.